The molecule has 21 heavy (non-hydrogen) atoms. The maximum absolute atomic E-state index is 13.9. The van der Waals surface area contributed by atoms with Gasteiger partial charge in [0.25, 0.3) is 0 Å². The molecular formula is C15H13F3N2O. The Morgan fingerprint density at radius 1 is 1.10 bits per heavy atom. The van der Waals surface area contributed by atoms with E-state index in [9.17, 15) is 13.2 Å². The summed E-state index contributed by atoms with van der Waals surface area (Å²) in [5.41, 5.74) is 4.04. The first-order chi connectivity index (χ1) is 10.1. The van der Waals surface area contributed by atoms with Gasteiger partial charge in [-0.05, 0) is 23.3 Å². The average Bonchev–Trinajstić information content (AvgIpc) is 2.95. The lowest BCUT2D eigenvalue weighted by Crippen LogP contribution is -2.30. The van der Waals surface area contributed by atoms with Crippen LogP contribution in [-0.2, 0) is 6.42 Å². The third kappa shape index (κ3) is 2.36. The van der Waals surface area contributed by atoms with Crippen LogP contribution in [-0.4, -0.2) is 6.61 Å². The SMILES string of the molecule is NNC(c1ccc2c(c1)CCO2)c1ccc(F)c(F)c1F. The van der Waals surface area contributed by atoms with Gasteiger partial charge in [-0.15, -0.1) is 0 Å². The van der Waals surface area contributed by atoms with E-state index in [2.05, 4.69) is 5.43 Å². The van der Waals surface area contributed by atoms with E-state index in [4.69, 9.17) is 10.6 Å². The normalized spacial score (nSPS) is 14.7. The van der Waals surface area contributed by atoms with Gasteiger partial charge in [-0.1, -0.05) is 18.2 Å². The summed E-state index contributed by atoms with van der Waals surface area (Å²) in [7, 11) is 0. The Balaban J connectivity index is 2.05. The first-order valence-electron chi connectivity index (χ1n) is 6.47. The standard InChI is InChI=1S/C15H13F3N2O/c16-11-3-2-10(13(17)14(11)18)15(20-19)9-1-4-12-8(7-9)5-6-21-12/h1-4,7,15,20H,5-6,19H2. The number of rotatable bonds is 3. The lowest BCUT2D eigenvalue weighted by atomic mass is 9.96. The molecule has 6 heteroatoms. The van der Waals surface area contributed by atoms with Crippen molar-refractivity contribution in [3.8, 4) is 5.75 Å². The summed E-state index contributed by atoms with van der Waals surface area (Å²) < 4.78 is 45.7. The maximum atomic E-state index is 13.9. The van der Waals surface area contributed by atoms with Gasteiger partial charge in [0.1, 0.15) is 5.75 Å². The number of fused-ring (bicyclic) bond motifs is 1. The van der Waals surface area contributed by atoms with Crippen molar-refractivity contribution in [2.24, 2.45) is 5.84 Å². The van der Waals surface area contributed by atoms with Crippen molar-refractivity contribution in [1.82, 2.24) is 5.43 Å². The molecule has 0 bridgehead atoms. The minimum absolute atomic E-state index is 0.0461. The number of nitrogens with one attached hydrogen (secondary N) is 1. The molecule has 0 saturated heterocycles. The van der Waals surface area contributed by atoms with E-state index in [1.807, 2.05) is 6.07 Å². The predicted octanol–water partition coefficient (Wildman–Crippen LogP) is 2.59. The van der Waals surface area contributed by atoms with Crippen LogP contribution >= 0.6 is 0 Å². The van der Waals surface area contributed by atoms with Crippen molar-refractivity contribution in [1.29, 1.82) is 0 Å². The molecule has 0 fully saturated rings. The Morgan fingerprint density at radius 3 is 2.67 bits per heavy atom. The van der Waals surface area contributed by atoms with E-state index in [1.54, 1.807) is 12.1 Å². The zero-order valence-electron chi connectivity index (χ0n) is 11.0. The van der Waals surface area contributed by atoms with Crippen LogP contribution in [0.1, 0.15) is 22.7 Å². The highest BCUT2D eigenvalue weighted by molar-refractivity contribution is 5.43. The van der Waals surface area contributed by atoms with E-state index in [0.717, 1.165) is 23.8 Å². The first-order valence-corrected chi connectivity index (χ1v) is 6.47. The summed E-state index contributed by atoms with van der Waals surface area (Å²) in [5.74, 6) is 2.28. The molecule has 0 spiro atoms. The molecule has 0 saturated carbocycles. The summed E-state index contributed by atoms with van der Waals surface area (Å²) >= 11 is 0. The number of ether oxygens (including phenoxy) is 1. The summed E-state index contributed by atoms with van der Waals surface area (Å²) in [6.07, 6.45) is 0.751. The summed E-state index contributed by atoms with van der Waals surface area (Å²) in [5, 5.41) is 0. The van der Waals surface area contributed by atoms with Crippen molar-refractivity contribution in [3.63, 3.8) is 0 Å². The molecule has 2 aromatic carbocycles. The third-order valence-corrected chi connectivity index (χ3v) is 3.59. The second-order valence-electron chi connectivity index (χ2n) is 4.83. The molecule has 2 aromatic rings. The van der Waals surface area contributed by atoms with Gasteiger partial charge in [0.2, 0.25) is 0 Å². The Kier molecular flexibility index (Phi) is 3.57. The lowest BCUT2D eigenvalue weighted by Gasteiger charge is -2.18. The van der Waals surface area contributed by atoms with Crippen molar-refractivity contribution in [2.45, 2.75) is 12.5 Å². The van der Waals surface area contributed by atoms with Crippen LogP contribution < -0.4 is 16.0 Å². The summed E-state index contributed by atoms with van der Waals surface area (Å²) in [6.45, 7) is 0.596. The zero-order chi connectivity index (χ0) is 15.0. The van der Waals surface area contributed by atoms with Crippen molar-refractivity contribution in [3.05, 3.63) is 64.5 Å². The molecule has 0 radical (unpaired) electrons. The molecule has 3 nitrogen and oxygen atoms in total. The van der Waals surface area contributed by atoms with E-state index < -0.39 is 23.5 Å². The number of nitrogens with two attached hydrogens (primary N) is 1. The fraction of sp³-hybridized carbons (Fsp3) is 0.200. The zero-order valence-corrected chi connectivity index (χ0v) is 11.0. The fourth-order valence-electron chi connectivity index (χ4n) is 2.52. The third-order valence-electron chi connectivity index (χ3n) is 3.59. The Hall–Kier alpha value is -2.05. The van der Waals surface area contributed by atoms with Gasteiger partial charge in [0.05, 0.1) is 12.6 Å². The van der Waals surface area contributed by atoms with Gasteiger partial charge in [0, 0.05) is 12.0 Å². The highest BCUT2D eigenvalue weighted by Crippen LogP contribution is 2.31. The topological polar surface area (TPSA) is 47.3 Å². The number of hydrogen-bond acceptors (Lipinski definition) is 3. The summed E-state index contributed by atoms with van der Waals surface area (Å²) in [4.78, 5) is 0. The van der Waals surface area contributed by atoms with E-state index in [-0.39, 0.29) is 5.56 Å². The van der Waals surface area contributed by atoms with Crippen LogP contribution in [0, 0.1) is 17.5 Å². The Bertz CT molecular complexity index is 691. The number of benzene rings is 2. The predicted molar refractivity (Wildman–Crippen MR) is 71.1 cm³/mol. The van der Waals surface area contributed by atoms with E-state index in [1.165, 1.54) is 6.07 Å². The quantitative estimate of drug-likeness (QED) is 0.519. The van der Waals surface area contributed by atoms with E-state index >= 15 is 0 Å². The first kappa shape index (κ1) is 13.9. The number of hydrazine groups is 1. The van der Waals surface area contributed by atoms with Gasteiger partial charge < -0.3 is 4.74 Å². The molecule has 0 aliphatic carbocycles. The van der Waals surface area contributed by atoms with Gasteiger partial charge >= 0.3 is 0 Å². The minimum Gasteiger partial charge on any atom is -0.493 e. The molecule has 3 rings (SSSR count). The Labute approximate surface area is 119 Å². The minimum atomic E-state index is -1.50. The molecule has 0 aromatic heterocycles. The van der Waals surface area contributed by atoms with Crippen LogP contribution in [0.3, 0.4) is 0 Å². The molecule has 1 heterocycles. The highest BCUT2D eigenvalue weighted by atomic mass is 19.2. The van der Waals surface area contributed by atoms with Crippen LogP contribution in [0.2, 0.25) is 0 Å². The second-order valence-corrected chi connectivity index (χ2v) is 4.83. The maximum Gasteiger partial charge on any atom is 0.194 e. The number of hydrogen-bond donors (Lipinski definition) is 2. The van der Waals surface area contributed by atoms with Gasteiger partial charge in [0.15, 0.2) is 17.5 Å². The monoisotopic (exact) mass is 294 g/mol. The van der Waals surface area contributed by atoms with Crippen LogP contribution in [0.15, 0.2) is 30.3 Å². The molecular weight excluding hydrogens is 281 g/mol. The van der Waals surface area contributed by atoms with Crippen LogP contribution in [0.25, 0.3) is 0 Å². The van der Waals surface area contributed by atoms with Gasteiger partial charge in [-0.3, -0.25) is 5.84 Å². The lowest BCUT2D eigenvalue weighted by molar-refractivity contribution is 0.356. The van der Waals surface area contributed by atoms with Crippen LogP contribution in [0.5, 0.6) is 5.75 Å². The molecule has 1 aliphatic heterocycles. The second kappa shape index (κ2) is 5.38. The van der Waals surface area contributed by atoms with Gasteiger partial charge in [-0.2, -0.15) is 0 Å². The molecule has 1 unspecified atom stereocenters. The van der Waals surface area contributed by atoms with Crippen molar-refractivity contribution in [2.75, 3.05) is 6.61 Å². The molecule has 1 atom stereocenters. The van der Waals surface area contributed by atoms with E-state index in [0.29, 0.717) is 12.2 Å². The van der Waals surface area contributed by atoms with Gasteiger partial charge in [-0.25, -0.2) is 18.6 Å². The molecule has 0 amide bonds. The van der Waals surface area contributed by atoms with Crippen molar-refractivity contribution >= 4 is 0 Å². The molecule has 110 valence electrons. The van der Waals surface area contributed by atoms with Crippen molar-refractivity contribution < 1.29 is 17.9 Å². The fourth-order valence-corrected chi connectivity index (χ4v) is 2.52. The molecule has 3 N–H and O–H groups in total. The largest absolute Gasteiger partial charge is 0.493 e. The summed E-state index contributed by atoms with van der Waals surface area (Å²) in [6, 6.07) is 6.60. The molecule has 1 aliphatic rings. The Morgan fingerprint density at radius 2 is 1.90 bits per heavy atom. The highest BCUT2D eigenvalue weighted by Gasteiger charge is 2.23. The smallest absolute Gasteiger partial charge is 0.194 e. The average molecular weight is 294 g/mol. The van der Waals surface area contributed by atoms with Crippen LogP contribution in [0.4, 0.5) is 13.2 Å². The number of halogens is 3.